The van der Waals surface area contributed by atoms with E-state index >= 15 is 0 Å². The Kier molecular flexibility index (Phi) is 3.34. The van der Waals surface area contributed by atoms with Gasteiger partial charge in [-0.05, 0) is 19.1 Å². The molecule has 2 aromatic carbocycles. The van der Waals surface area contributed by atoms with Gasteiger partial charge in [-0.2, -0.15) is 5.10 Å². The zero-order chi connectivity index (χ0) is 16.7. The third kappa shape index (κ3) is 2.09. The number of aromatic nitrogens is 3. The molecule has 2 aromatic heterocycles. The fourth-order valence-corrected chi connectivity index (χ4v) is 3.02. The van der Waals surface area contributed by atoms with Gasteiger partial charge in [0.25, 0.3) is 0 Å². The Hall–Kier alpha value is -3.08. The number of hydrogen-bond acceptors (Lipinski definition) is 4. The topological polar surface area (TPSA) is 60.0 Å². The predicted octanol–water partition coefficient (Wildman–Crippen LogP) is 4.10. The second-order valence-electron chi connectivity index (χ2n) is 5.61. The molecule has 4 aromatic rings. The minimum absolute atomic E-state index is 0.680. The molecular formula is C19H17N3O2. The Morgan fingerprint density at radius 3 is 2.25 bits per heavy atom. The summed E-state index contributed by atoms with van der Waals surface area (Å²) in [6.07, 6.45) is 0. The maximum atomic E-state index is 5.47. The minimum atomic E-state index is 0.680. The number of ether oxygens (including phenoxy) is 2. The lowest BCUT2D eigenvalue weighted by atomic mass is 10.0. The van der Waals surface area contributed by atoms with Crippen LogP contribution in [0.25, 0.3) is 33.1 Å². The van der Waals surface area contributed by atoms with Crippen molar-refractivity contribution >= 4 is 21.8 Å². The van der Waals surface area contributed by atoms with E-state index < -0.39 is 0 Å². The van der Waals surface area contributed by atoms with Gasteiger partial charge in [-0.15, -0.1) is 0 Å². The molecular weight excluding hydrogens is 302 g/mol. The van der Waals surface area contributed by atoms with Crippen LogP contribution in [0.2, 0.25) is 0 Å². The van der Waals surface area contributed by atoms with Gasteiger partial charge in [0, 0.05) is 16.3 Å². The van der Waals surface area contributed by atoms with E-state index in [0.717, 1.165) is 38.8 Å². The number of methoxy groups -OCH3 is 2. The predicted molar refractivity (Wildman–Crippen MR) is 94.7 cm³/mol. The average Bonchev–Trinajstić information content (AvgIpc) is 3.01. The highest BCUT2D eigenvalue weighted by Gasteiger charge is 2.17. The average molecular weight is 319 g/mol. The van der Waals surface area contributed by atoms with Crippen LogP contribution in [0.15, 0.2) is 42.5 Å². The van der Waals surface area contributed by atoms with Crippen LogP contribution >= 0.6 is 0 Å². The first-order valence-electron chi connectivity index (χ1n) is 7.68. The quantitative estimate of drug-likeness (QED) is 0.617. The van der Waals surface area contributed by atoms with Crippen molar-refractivity contribution < 1.29 is 9.47 Å². The summed E-state index contributed by atoms with van der Waals surface area (Å²) in [7, 11) is 3.27. The van der Waals surface area contributed by atoms with Gasteiger partial charge < -0.3 is 9.47 Å². The molecule has 0 bridgehead atoms. The molecule has 0 amide bonds. The third-order valence-corrected chi connectivity index (χ3v) is 4.23. The van der Waals surface area contributed by atoms with Crippen molar-refractivity contribution in [1.82, 2.24) is 15.2 Å². The molecule has 5 heteroatoms. The standard InChI is InChI=1S/C19H17N3O2/c1-11-17-19(22-21-11)14-10-16(24-3)15(23-2)9-13(14)18(20-17)12-7-5-4-6-8-12/h4-10H,1-3H3,(H,21,22). The van der Waals surface area contributed by atoms with E-state index in [1.807, 2.05) is 37.3 Å². The summed E-state index contributed by atoms with van der Waals surface area (Å²) in [6, 6.07) is 14.1. The van der Waals surface area contributed by atoms with Gasteiger partial charge in [-0.25, -0.2) is 4.98 Å². The summed E-state index contributed by atoms with van der Waals surface area (Å²) in [6.45, 7) is 1.95. The second-order valence-corrected chi connectivity index (χ2v) is 5.61. The van der Waals surface area contributed by atoms with Gasteiger partial charge in [0.2, 0.25) is 0 Å². The van der Waals surface area contributed by atoms with E-state index in [1.54, 1.807) is 14.2 Å². The van der Waals surface area contributed by atoms with Crippen molar-refractivity contribution in [2.24, 2.45) is 0 Å². The molecule has 0 saturated carbocycles. The molecule has 0 aliphatic heterocycles. The number of nitrogens with one attached hydrogen (secondary N) is 1. The largest absolute Gasteiger partial charge is 0.493 e. The monoisotopic (exact) mass is 319 g/mol. The molecule has 0 aliphatic rings. The molecule has 4 rings (SSSR count). The van der Waals surface area contributed by atoms with Crippen LogP contribution in [0.1, 0.15) is 5.69 Å². The maximum absolute atomic E-state index is 5.47. The van der Waals surface area contributed by atoms with Crippen molar-refractivity contribution in [3.63, 3.8) is 0 Å². The van der Waals surface area contributed by atoms with Crippen LogP contribution in [-0.2, 0) is 0 Å². The third-order valence-electron chi connectivity index (χ3n) is 4.23. The Balaban J connectivity index is 2.18. The van der Waals surface area contributed by atoms with Gasteiger partial charge in [0.05, 0.1) is 31.1 Å². The van der Waals surface area contributed by atoms with Gasteiger partial charge >= 0.3 is 0 Å². The van der Waals surface area contributed by atoms with Gasteiger partial charge in [0.15, 0.2) is 11.5 Å². The highest BCUT2D eigenvalue weighted by molar-refractivity contribution is 6.10. The van der Waals surface area contributed by atoms with Crippen LogP contribution in [0, 0.1) is 6.92 Å². The molecule has 2 heterocycles. The molecule has 0 aliphatic carbocycles. The van der Waals surface area contributed by atoms with E-state index in [2.05, 4.69) is 22.3 Å². The zero-order valence-corrected chi connectivity index (χ0v) is 13.8. The first-order chi connectivity index (χ1) is 11.7. The van der Waals surface area contributed by atoms with Crippen molar-refractivity contribution in [3.8, 4) is 22.8 Å². The van der Waals surface area contributed by atoms with Gasteiger partial charge in [-0.1, -0.05) is 30.3 Å². The number of benzene rings is 2. The molecule has 0 saturated heterocycles. The van der Waals surface area contributed by atoms with Crippen LogP contribution < -0.4 is 9.47 Å². The molecule has 0 spiro atoms. The van der Waals surface area contributed by atoms with E-state index in [9.17, 15) is 0 Å². The number of aromatic amines is 1. The van der Waals surface area contributed by atoms with E-state index in [4.69, 9.17) is 14.5 Å². The molecule has 5 nitrogen and oxygen atoms in total. The second kappa shape index (κ2) is 5.53. The Morgan fingerprint density at radius 2 is 1.58 bits per heavy atom. The summed E-state index contributed by atoms with van der Waals surface area (Å²) >= 11 is 0. The van der Waals surface area contributed by atoms with Crippen LogP contribution in [0.4, 0.5) is 0 Å². The molecule has 1 N–H and O–H groups in total. The van der Waals surface area contributed by atoms with Crippen molar-refractivity contribution in [3.05, 3.63) is 48.2 Å². The van der Waals surface area contributed by atoms with Crippen molar-refractivity contribution in [2.45, 2.75) is 6.92 Å². The summed E-state index contributed by atoms with van der Waals surface area (Å²) in [5.41, 5.74) is 4.61. The number of fused-ring (bicyclic) bond motifs is 3. The van der Waals surface area contributed by atoms with Crippen LogP contribution in [0.3, 0.4) is 0 Å². The Labute approximate surface area is 139 Å². The first kappa shape index (κ1) is 14.5. The highest BCUT2D eigenvalue weighted by atomic mass is 16.5. The summed E-state index contributed by atoms with van der Waals surface area (Å²) in [4.78, 5) is 4.87. The smallest absolute Gasteiger partial charge is 0.161 e. The lowest BCUT2D eigenvalue weighted by Gasteiger charge is -2.12. The number of nitrogens with zero attached hydrogens (tertiary/aromatic N) is 2. The fraction of sp³-hybridized carbons (Fsp3) is 0.158. The number of pyridine rings is 1. The molecule has 24 heavy (non-hydrogen) atoms. The van der Waals surface area contributed by atoms with Crippen LogP contribution in [0.5, 0.6) is 11.5 Å². The number of rotatable bonds is 3. The summed E-state index contributed by atoms with van der Waals surface area (Å²) < 4.78 is 10.9. The Bertz CT molecular complexity index is 1040. The molecule has 0 radical (unpaired) electrons. The van der Waals surface area contributed by atoms with E-state index in [1.165, 1.54) is 0 Å². The first-order valence-corrected chi connectivity index (χ1v) is 7.68. The normalized spacial score (nSPS) is 11.1. The fourth-order valence-electron chi connectivity index (χ4n) is 3.02. The van der Waals surface area contributed by atoms with Gasteiger partial charge in [0.1, 0.15) is 5.52 Å². The SMILES string of the molecule is COc1cc2c(-c3ccccc3)nc3c(C)n[nH]c3c2cc1OC. The minimum Gasteiger partial charge on any atom is -0.493 e. The summed E-state index contributed by atoms with van der Waals surface area (Å²) in [5, 5.41) is 9.42. The number of H-pyrrole nitrogens is 1. The molecule has 0 fully saturated rings. The maximum Gasteiger partial charge on any atom is 0.161 e. The Morgan fingerprint density at radius 1 is 0.917 bits per heavy atom. The molecule has 0 atom stereocenters. The number of hydrogen-bond donors (Lipinski definition) is 1. The summed E-state index contributed by atoms with van der Waals surface area (Å²) in [5.74, 6) is 1.36. The highest BCUT2D eigenvalue weighted by Crippen LogP contribution is 2.39. The number of aryl methyl sites for hydroxylation is 1. The van der Waals surface area contributed by atoms with E-state index in [0.29, 0.717) is 11.5 Å². The molecule has 0 unspecified atom stereocenters. The van der Waals surface area contributed by atoms with E-state index in [-0.39, 0.29) is 0 Å². The van der Waals surface area contributed by atoms with Crippen LogP contribution in [-0.4, -0.2) is 29.4 Å². The van der Waals surface area contributed by atoms with Crippen molar-refractivity contribution in [1.29, 1.82) is 0 Å². The molecule has 120 valence electrons. The van der Waals surface area contributed by atoms with Gasteiger partial charge in [-0.3, -0.25) is 5.10 Å². The lowest BCUT2D eigenvalue weighted by molar-refractivity contribution is 0.356. The van der Waals surface area contributed by atoms with Crippen molar-refractivity contribution in [2.75, 3.05) is 14.2 Å². The zero-order valence-electron chi connectivity index (χ0n) is 13.8. The lowest BCUT2D eigenvalue weighted by Crippen LogP contribution is -1.94.